The molecule has 2 N–H and O–H groups in total. The largest absolute Gasteiger partial charge is 0.390 e. The number of hydrogen-bond donors (Lipinski definition) is 2. The fraction of sp³-hybridized carbons (Fsp3) is 1.00. The lowest BCUT2D eigenvalue weighted by Crippen LogP contribution is -2.50. The van der Waals surface area contributed by atoms with Crippen molar-refractivity contribution in [2.24, 2.45) is 5.92 Å². The maximum Gasteiger partial charge on any atom is 0.0688 e. The number of piperidine rings is 1. The molecule has 1 aliphatic carbocycles. The molecule has 2 aliphatic rings. The molecule has 0 bridgehead atoms. The van der Waals surface area contributed by atoms with E-state index in [1.807, 2.05) is 0 Å². The van der Waals surface area contributed by atoms with Crippen LogP contribution < -0.4 is 5.32 Å². The lowest BCUT2D eigenvalue weighted by molar-refractivity contribution is -0.0892. The minimum atomic E-state index is -0.270. The van der Waals surface area contributed by atoms with E-state index < -0.39 is 0 Å². The van der Waals surface area contributed by atoms with Gasteiger partial charge in [-0.15, -0.1) is 0 Å². The van der Waals surface area contributed by atoms with E-state index in [2.05, 4.69) is 5.32 Å². The lowest BCUT2D eigenvalue weighted by atomic mass is 9.69. The van der Waals surface area contributed by atoms with Gasteiger partial charge in [0.05, 0.1) is 5.60 Å². The second-order valence-electron chi connectivity index (χ2n) is 4.00. The topological polar surface area (TPSA) is 32.3 Å². The van der Waals surface area contributed by atoms with Crippen molar-refractivity contribution in [1.29, 1.82) is 0 Å². The summed E-state index contributed by atoms with van der Waals surface area (Å²) in [4.78, 5) is 0. The van der Waals surface area contributed by atoms with Crippen LogP contribution in [0.2, 0.25) is 0 Å². The molecule has 1 atom stereocenters. The molecule has 0 aromatic rings. The van der Waals surface area contributed by atoms with Crippen molar-refractivity contribution in [1.82, 2.24) is 5.32 Å². The van der Waals surface area contributed by atoms with Crippen molar-refractivity contribution in [2.45, 2.75) is 37.7 Å². The summed E-state index contributed by atoms with van der Waals surface area (Å²) in [6.07, 6.45) is 5.78. The van der Waals surface area contributed by atoms with E-state index in [4.69, 9.17) is 0 Å². The van der Waals surface area contributed by atoms with Gasteiger partial charge in [-0.3, -0.25) is 0 Å². The first-order valence-electron chi connectivity index (χ1n) is 4.74. The molecule has 0 amide bonds. The number of rotatable bonds is 1. The van der Waals surface area contributed by atoms with E-state index >= 15 is 0 Å². The molecule has 2 heteroatoms. The highest BCUT2D eigenvalue weighted by molar-refractivity contribution is 4.95. The summed E-state index contributed by atoms with van der Waals surface area (Å²) < 4.78 is 0. The van der Waals surface area contributed by atoms with Crippen LogP contribution in [-0.4, -0.2) is 23.8 Å². The van der Waals surface area contributed by atoms with Gasteiger partial charge in [0.15, 0.2) is 0 Å². The Bertz CT molecular complexity index is 136. The lowest BCUT2D eigenvalue weighted by Gasteiger charge is -2.45. The molecule has 0 aromatic heterocycles. The Kier molecular flexibility index (Phi) is 1.90. The SMILES string of the molecule is OC1(C2CCCNC2)CCC1. The zero-order valence-corrected chi connectivity index (χ0v) is 6.97. The first-order chi connectivity index (χ1) is 5.31. The molecule has 0 radical (unpaired) electrons. The molecule has 1 unspecified atom stereocenters. The molecule has 11 heavy (non-hydrogen) atoms. The second-order valence-corrected chi connectivity index (χ2v) is 4.00. The highest BCUT2D eigenvalue weighted by Crippen LogP contribution is 2.40. The zero-order chi connectivity index (χ0) is 7.73. The average molecular weight is 155 g/mol. The predicted octanol–water partition coefficient (Wildman–Crippen LogP) is 0.901. The van der Waals surface area contributed by atoms with Crippen LogP contribution >= 0.6 is 0 Å². The maximum atomic E-state index is 9.99. The molecule has 2 nitrogen and oxygen atoms in total. The van der Waals surface area contributed by atoms with Crippen LogP contribution in [0.1, 0.15) is 32.1 Å². The summed E-state index contributed by atoms with van der Waals surface area (Å²) in [6, 6.07) is 0. The quantitative estimate of drug-likeness (QED) is 0.589. The van der Waals surface area contributed by atoms with Gasteiger partial charge in [-0.05, 0) is 38.6 Å². The maximum absolute atomic E-state index is 9.99. The summed E-state index contributed by atoms with van der Waals surface area (Å²) in [5.74, 6) is 0.546. The summed E-state index contributed by atoms with van der Waals surface area (Å²) in [5.41, 5.74) is -0.270. The highest BCUT2D eigenvalue weighted by Gasteiger charge is 2.42. The van der Waals surface area contributed by atoms with Gasteiger partial charge < -0.3 is 10.4 Å². The highest BCUT2D eigenvalue weighted by atomic mass is 16.3. The Morgan fingerprint density at radius 1 is 1.27 bits per heavy atom. The molecule has 1 heterocycles. The molecule has 0 aromatic carbocycles. The van der Waals surface area contributed by atoms with Crippen LogP contribution in [0.25, 0.3) is 0 Å². The van der Waals surface area contributed by atoms with E-state index in [9.17, 15) is 5.11 Å². The predicted molar refractivity (Wildman–Crippen MR) is 44.4 cm³/mol. The van der Waals surface area contributed by atoms with Gasteiger partial charge in [-0.1, -0.05) is 0 Å². The summed E-state index contributed by atoms with van der Waals surface area (Å²) in [7, 11) is 0. The Hall–Kier alpha value is -0.0800. The van der Waals surface area contributed by atoms with E-state index in [0.717, 1.165) is 25.9 Å². The number of aliphatic hydroxyl groups is 1. The van der Waals surface area contributed by atoms with Crippen LogP contribution in [-0.2, 0) is 0 Å². The van der Waals surface area contributed by atoms with Crippen molar-refractivity contribution in [3.8, 4) is 0 Å². The molecular weight excluding hydrogens is 138 g/mol. The van der Waals surface area contributed by atoms with E-state index in [-0.39, 0.29) is 5.60 Å². The van der Waals surface area contributed by atoms with Gasteiger partial charge in [0.1, 0.15) is 0 Å². The zero-order valence-electron chi connectivity index (χ0n) is 6.97. The van der Waals surface area contributed by atoms with Crippen molar-refractivity contribution in [2.75, 3.05) is 13.1 Å². The van der Waals surface area contributed by atoms with E-state index in [1.165, 1.54) is 19.3 Å². The van der Waals surface area contributed by atoms with Gasteiger partial charge in [0.25, 0.3) is 0 Å². The third kappa shape index (κ3) is 1.30. The first kappa shape index (κ1) is 7.56. The molecule has 2 rings (SSSR count). The Morgan fingerprint density at radius 2 is 2.09 bits per heavy atom. The molecule has 2 fully saturated rings. The Balaban J connectivity index is 1.91. The molecule has 1 saturated carbocycles. The monoisotopic (exact) mass is 155 g/mol. The Labute approximate surface area is 68.0 Å². The van der Waals surface area contributed by atoms with E-state index in [1.54, 1.807) is 0 Å². The Morgan fingerprint density at radius 3 is 2.55 bits per heavy atom. The van der Waals surface area contributed by atoms with Crippen LogP contribution in [0.5, 0.6) is 0 Å². The average Bonchev–Trinajstić information content (AvgIpc) is 2.02. The fourth-order valence-electron chi connectivity index (χ4n) is 2.26. The second kappa shape index (κ2) is 2.76. The fourth-order valence-corrected chi connectivity index (χ4v) is 2.26. The van der Waals surface area contributed by atoms with Crippen LogP contribution in [0.15, 0.2) is 0 Å². The van der Waals surface area contributed by atoms with Gasteiger partial charge in [-0.25, -0.2) is 0 Å². The smallest absolute Gasteiger partial charge is 0.0688 e. The summed E-state index contributed by atoms with van der Waals surface area (Å²) in [6.45, 7) is 2.18. The van der Waals surface area contributed by atoms with Crippen LogP contribution in [0.3, 0.4) is 0 Å². The van der Waals surface area contributed by atoms with Crippen molar-refractivity contribution in [3.05, 3.63) is 0 Å². The number of hydrogen-bond acceptors (Lipinski definition) is 2. The first-order valence-corrected chi connectivity index (χ1v) is 4.74. The molecular formula is C9H17NO. The van der Waals surface area contributed by atoms with Gasteiger partial charge in [-0.2, -0.15) is 0 Å². The third-order valence-corrected chi connectivity index (χ3v) is 3.28. The normalized spacial score (nSPS) is 36.3. The van der Waals surface area contributed by atoms with Crippen molar-refractivity contribution < 1.29 is 5.11 Å². The van der Waals surface area contributed by atoms with Gasteiger partial charge >= 0.3 is 0 Å². The minimum absolute atomic E-state index is 0.270. The van der Waals surface area contributed by atoms with Crippen molar-refractivity contribution >= 4 is 0 Å². The van der Waals surface area contributed by atoms with Crippen LogP contribution in [0, 0.1) is 5.92 Å². The molecule has 64 valence electrons. The molecule has 1 aliphatic heterocycles. The number of nitrogens with one attached hydrogen (secondary N) is 1. The van der Waals surface area contributed by atoms with E-state index in [0.29, 0.717) is 5.92 Å². The van der Waals surface area contributed by atoms with Crippen molar-refractivity contribution in [3.63, 3.8) is 0 Å². The summed E-state index contributed by atoms with van der Waals surface area (Å²) in [5, 5.41) is 13.3. The van der Waals surface area contributed by atoms with Gasteiger partial charge in [0, 0.05) is 12.5 Å². The molecule has 1 saturated heterocycles. The standard InChI is InChI=1S/C9H17NO/c11-9(4-2-5-9)8-3-1-6-10-7-8/h8,10-11H,1-7H2. The minimum Gasteiger partial charge on any atom is -0.390 e. The van der Waals surface area contributed by atoms with Gasteiger partial charge in [0.2, 0.25) is 0 Å². The summed E-state index contributed by atoms with van der Waals surface area (Å²) >= 11 is 0. The van der Waals surface area contributed by atoms with Crippen LogP contribution in [0.4, 0.5) is 0 Å². The third-order valence-electron chi connectivity index (χ3n) is 3.28. The molecule has 0 spiro atoms.